The Morgan fingerprint density at radius 1 is 0.625 bits per heavy atom. The van der Waals surface area contributed by atoms with Gasteiger partial charge in [0.1, 0.15) is 0 Å². The first kappa shape index (κ1) is 22.5. The molecule has 0 aromatic heterocycles. The zero-order valence-corrected chi connectivity index (χ0v) is 8.99. The van der Waals surface area contributed by atoms with Crippen molar-refractivity contribution >= 4 is 34.1 Å². The third kappa shape index (κ3) is 103. The average Bonchev–Trinajstić information content (AvgIpc) is 0.722. The van der Waals surface area contributed by atoms with Gasteiger partial charge >= 0.3 is 49.5 Å². The standard InChI is InChI=1S/4ClH.3H2O.Zr/h4*1H;3*1H2;/q;;;;;;;+4/p-4. The van der Waals surface area contributed by atoms with E-state index in [0.717, 1.165) is 0 Å². The Balaban J connectivity index is -0.0000000267. The van der Waals surface area contributed by atoms with Crippen molar-refractivity contribution in [2.24, 2.45) is 0 Å². The molecule has 0 aliphatic carbocycles. The molecule has 0 atom stereocenters. The molecule has 0 amide bonds. The van der Waals surface area contributed by atoms with E-state index in [9.17, 15) is 0 Å². The van der Waals surface area contributed by atoms with Gasteiger partial charge in [-0.3, -0.25) is 0 Å². The Kier molecular flexibility index (Phi) is 25.1. The zero-order chi connectivity index (χ0) is 4.50. The van der Waals surface area contributed by atoms with Gasteiger partial charge in [-0.1, -0.05) is 0 Å². The van der Waals surface area contributed by atoms with Crippen LogP contribution in [-0.4, -0.2) is 16.4 Å². The van der Waals surface area contributed by atoms with Gasteiger partial charge in [0, 0.05) is 0 Å². The minimum absolute atomic E-state index is 0. The van der Waals surface area contributed by atoms with Crippen LogP contribution in [0.2, 0.25) is 0 Å². The number of hydrogen-bond acceptors (Lipinski definition) is 0. The molecule has 0 spiro atoms. The summed E-state index contributed by atoms with van der Waals surface area (Å²) in [6, 6.07) is 0. The van der Waals surface area contributed by atoms with Crippen molar-refractivity contribution in [1.29, 1.82) is 0 Å². The molecular formula is H6Cl4O3Zr. The Bertz CT molecular complexity index is 26.8. The summed E-state index contributed by atoms with van der Waals surface area (Å²) in [5, 5.41) is 0. The second-order valence-electron chi connectivity index (χ2n) is 0.429. The quantitative estimate of drug-likeness (QED) is 0.612. The summed E-state index contributed by atoms with van der Waals surface area (Å²) in [6.07, 6.45) is 0. The Hall–Kier alpha value is 1.92. The van der Waals surface area contributed by atoms with E-state index >= 15 is 0 Å². The molecule has 0 aliphatic rings. The summed E-state index contributed by atoms with van der Waals surface area (Å²) >= 11 is -3.29. The van der Waals surface area contributed by atoms with E-state index in [4.69, 9.17) is 34.1 Å². The molecule has 0 radical (unpaired) electrons. The van der Waals surface area contributed by atoms with E-state index in [0.29, 0.717) is 0 Å². The summed E-state index contributed by atoms with van der Waals surface area (Å²) in [6.45, 7) is 0. The van der Waals surface area contributed by atoms with E-state index < -0.39 is 15.5 Å². The topological polar surface area (TPSA) is 94.5 Å². The third-order valence-corrected chi connectivity index (χ3v) is 0. The van der Waals surface area contributed by atoms with E-state index in [1.165, 1.54) is 0 Å². The molecule has 0 fully saturated rings. The first-order valence-corrected chi connectivity index (χ1v) is 13.4. The summed E-state index contributed by atoms with van der Waals surface area (Å²) in [7, 11) is 20.1. The normalized spacial score (nSPS) is 7.50. The van der Waals surface area contributed by atoms with Crippen LogP contribution in [-0.2, 0) is 15.5 Å². The summed E-state index contributed by atoms with van der Waals surface area (Å²) in [5.41, 5.74) is 0. The molecule has 8 heavy (non-hydrogen) atoms. The fourth-order valence-electron chi connectivity index (χ4n) is 0. The Labute approximate surface area is 65.4 Å². The fourth-order valence-corrected chi connectivity index (χ4v) is 0. The first-order chi connectivity index (χ1) is 2.00. The monoisotopic (exact) mass is 284 g/mol. The molecule has 56 valence electrons. The zero-order valence-electron chi connectivity index (χ0n) is 3.51. The number of halogens is 4. The van der Waals surface area contributed by atoms with E-state index in [-0.39, 0.29) is 16.4 Å². The van der Waals surface area contributed by atoms with Crippen LogP contribution < -0.4 is 0 Å². The van der Waals surface area contributed by atoms with Gasteiger partial charge in [0.05, 0.1) is 0 Å². The van der Waals surface area contributed by atoms with Crippen molar-refractivity contribution in [2.45, 2.75) is 0 Å². The van der Waals surface area contributed by atoms with Gasteiger partial charge in [0.15, 0.2) is 0 Å². The van der Waals surface area contributed by atoms with Crippen molar-refractivity contribution in [3.8, 4) is 0 Å². The molecule has 0 unspecified atom stereocenters. The minimum atomic E-state index is -3.29. The van der Waals surface area contributed by atoms with Gasteiger partial charge in [0.25, 0.3) is 0 Å². The molecular weight excluding hydrogens is 281 g/mol. The second-order valence-corrected chi connectivity index (χ2v) is 22.8. The summed E-state index contributed by atoms with van der Waals surface area (Å²) in [5.74, 6) is 0. The maximum absolute atomic E-state index is 5.04. The van der Waals surface area contributed by atoms with Crippen molar-refractivity contribution in [3.63, 3.8) is 0 Å². The van der Waals surface area contributed by atoms with Crippen LogP contribution in [0.3, 0.4) is 0 Å². The van der Waals surface area contributed by atoms with Crippen LogP contribution in [0.5, 0.6) is 0 Å². The van der Waals surface area contributed by atoms with Crippen molar-refractivity contribution in [1.82, 2.24) is 0 Å². The predicted molar refractivity (Wildman–Crippen MR) is 34.3 cm³/mol. The van der Waals surface area contributed by atoms with Crippen LogP contribution in [0, 0.1) is 0 Å². The number of rotatable bonds is 0. The molecule has 0 aliphatic heterocycles. The SMILES string of the molecule is O.O.O.[Cl][Zr]([Cl])([Cl])[Cl]. The molecule has 3 nitrogen and oxygen atoms in total. The Morgan fingerprint density at radius 2 is 0.625 bits per heavy atom. The Morgan fingerprint density at radius 3 is 0.625 bits per heavy atom. The van der Waals surface area contributed by atoms with E-state index in [2.05, 4.69) is 0 Å². The van der Waals surface area contributed by atoms with Gasteiger partial charge in [-0.05, 0) is 0 Å². The van der Waals surface area contributed by atoms with Crippen LogP contribution in [0.4, 0.5) is 0 Å². The van der Waals surface area contributed by atoms with Gasteiger partial charge in [0.2, 0.25) is 0 Å². The molecule has 8 heteroatoms. The van der Waals surface area contributed by atoms with Gasteiger partial charge in [-0.15, -0.1) is 0 Å². The van der Waals surface area contributed by atoms with Gasteiger partial charge in [-0.2, -0.15) is 0 Å². The second kappa shape index (κ2) is 8.92. The van der Waals surface area contributed by atoms with E-state index in [1.54, 1.807) is 0 Å². The first-order valence-electron chi connectivity index (χ1n) is 0.756. The van der Waals surface area contributed by atoms with Gasteiger partial charge < -0.3 is 16.4 Å². The summed E-state index contributed by atoms with van der Waals surface area (Å²) < 4.78 is 0. The van der Waals surface area contributed by atoms with Crippen LogP contribution >= 0.6 is 34.1 Å². The molecule has 0 rings (SSSR count). The molecule has 6 N–H and O–H groups in total. The van der Waals surface area contributed by atoms with E-state index in [1.807, 2.05) is 0 Å². The van der Waals surface area contributed by atoms with Crippen molar-refractivity contribution in [3.05, 3.63) is 0 Å². The third-order valence-electron chi connectivity index (χ3n) is 0. The molecule has 0 aromatic rings. The van der Waals surface area contributed by atoms with Crippen molar-refractivity contribution < 1.29 is 31.9 Å². The molecule has 0 aromatic carbocycles. The predicted octanol–water partition coefficient (Wildman–Crippen LogP) is 0.281. The molecule has 0 heterocycles. The average molecular weight is 287 g/mol. The summed E-state index contributed by atoms with van der Waals surface area (Å²) in [4.78, 5) is 0. The van der Waals surface area contributed by atoms with Crippen LogP contribution in [0.1, 0.15) is 0 Å². The maximum atomic E-state index is 5.04. The fraction of sp³-hybridized carbons (Fsp3) is 0. The molecule has 0 saturated carbocycles. The molecule has 0 bridgehead atoms. The number of hydrogen-bond donors (Lipinski definition) is 0. The van der Waals surface area contributed by atoms with Gasteiger partial charge in [-0.25, -0.2) is 0 Å². The van der Waals surface area contributed by atoms with Crippen LogP contribution in [0.15, 0.2) is 0 Å². The van der Waals surface area contributed by atoms with Crippen molar-refractivity contribution in [2.75, 3.05) is 0 Å². The van der Waals surface area contributed by atoms with Crippen LogP contribution in [0.25, 0.3) is 0 Å². The molecule has 0 saturated heterocycles.